The number of anilines is 3. The van der Waals surface area contributed by atoms with Crippen molar-refractivity contribution in [1.29, 1.82) is 0 Å². The molecule has 0 aliphatic rings. The molecule has 0 N–H and O–H groups in total. The van der Waals surface area contributed by atoms with Crippen molar-refractivity contribution in [2.45, 2.75) is 52.4 Å². The summed E-state index contributed by atoms with van der Waals surface area (Å²) in [4.78, 5) is 17.7. The van der Waals surface area contributed by atoms with E-state index in [0.29, 0.717) is 17.3 Å². The van der Waals surface area contributed by atoms with Crippen LogP contribution in [0.1, 0.15) is 52.7 Å². The number of hydrogen-bond acceptors (Lipinski definition) is 5. The second kappa shape index (κ2) is 12.6. The maximum absolute atomic E-state index is 14.7. The third-order valence-electron chi connectivity index (χ3n) is 6.84. The summed E-state index contributed by atoms with van der Waals surface area (Å²) in [6, 6.07) is 23.2. The third kappa shape index (κ3) is 7.05. The van der Waals surface area contributed by atoms with Crippen LogP contribution in [0.3, 0.4) is 0 Å². The van der Waals surface area contributed by atoms with E-state index in [2.05, 4.69) is 69.7 Å². The van der Waals surface area contributed by atoms with Gasteiger partial charge in [-0.3, -0.25) is 24.8 Å². The zero-order valence-corrected chi connectivity index (χ0v) is 27.2. The van der Waals surface area contributed by atoms with Crippen molar-refractivity contribution in [2.75, 3.05) is 4.90 Å². The summed E-state index contributed by atoms with van der Waals surface area (Å²) in [5, 5.41) is 0. The molecular formula is C34H29F4N5Pt. The van der Waals surface area contributed by atoms with Crippen LogP contribution in [0.2, 0.25) is 0 Å². The number of aromatic nitrogens is 4. The molecule has 1 aromatic carbocycles. The Bertz CT molecular complexity index is 1690. The van der Waals surface area contributed by atoms with E-state index in [1.165, 1.54) is 0 Å². The molecule has 5 nitrogen and oxygen atoms in total. The molecule has 0 aliphatic heterocycles. The average Bonchev–Trinajstić information content (AvgIpc) is 2.92. The second-order valence-electron chi connectivity index (χ2n) is 12.1. The summed E-state index contributed by atoms with van der Waals surface area (Å²) in [5.41, 5.74) is 2.52. The van der Waals surface area contributed by atoms with Crippen molar-refractivity contribution in [2.24, 2.45) is 0 Å². The Morgan fingerprint density at radius 2 is 1.00 bits per heavy atom. The van der Waals surface area contributed by atoms with Crippen LogP contribution < -0.4 is 4.90 Å². The van der Waals surface area contributed by atoms with E-state index in [0.717, 1.165) is 23.3 Å². The Hall–Kier alpha value is -3.97. The molecule has 10 heteroatoms. The summed E-state index contributed by atoms with van der Waals surface area (Å²) in [6.45, 7) is 12.7. The van der Waals surface area contributed by atoms with Gasteiger partial charge in [0.2, 0.25) is 0 Å². The average molecular weight is 779 g/mol. The Morgan fingerprint density at radius 3 is 1.36 bits per heavy atom. The van der Waals surface area contributed by atoms with Gasteiger partial charge in [-0.15, -0.1) is 12.1 Å². The molecule has 0 bridgehead atoms. The first-order valence-electron chi connectivity index (χ1n) is 13.6. The first-order chi connectivity index (χ1) is 20.2. The number of nitrogens with zero attached hydrogens (tertiary/aromatic N) is 5. The number of hydrogen-bond donors (Lipinski definition) is 0. The molecule has 0 amide bonds. The number of halogens is 4. The number of rotatable bonds is 5. The smallest absolute Gasteiger partial charge is 0.291 e. The Balaban J connectivity index is 0.00000442. The minimum atomic E-state index is -1.05. The molecule has 44 heavy (non-hydrogen) atoms. The molecule has 0 fully saturated rings. The standard InChI is InChI=1S/C34H29F4N5.Pt/c1-33(2,3)20-17-21(34(4,5)6)19-22(18-20)43(29-11-7-9-25(39-29)23-13-15-27(35)41-31(23)37)30-12-8-10-26(40-30)24-14-16-28(36)42-32(24)38;/h7-12,15-19H,1-6H3;/q-2;+2. The van der Waals surface area contributed by atoms with Crippen molar-refractivity contribution in [3.8, 4) is 22.5 Å². The van der Waals surface area contributed by atoms with Crippen LogP contribution in [-0.4, -0.2) is 19.9 Å². The van der Waals surface area contributed by atoms with E-state index in [1.54, 1.807) is 41.3 Å². The quantitative estimate of drug-likeness (QED) is 0.102. The second-order valence-corrected chi connectivity index (χ2v) is 12.1. The van der Waals surface area contributed by atoms with Gasteiger partial charge in [0.05, 0.1) is 0 Å². The Labute approximate surface area is 268 Å². The van der Waals surface area contributed by atoms with Crippen LogP contribution in [-0.2, 0) is 31.9 Å². The van der Waals surface area contributed by atoms with Gasteiger partial charge in [-0.25, -0.2) is 17.6 Å². The van der Waals surface area contributed by atoms with Gasteiger partial charge in [0.1, 0.15) is 35.4 Å². The van der Waals surface area contributed by atoms with E-state index in [1.807, 2.05) is 12.1 Å². The summed E-state index contributed by atoms with van der Waals surface area (Å²) < 4.78 is 56.4. The fourth-order valence-electron chi connectivity index (χ4n) is 4.47. The zero-order chi connectivity index (χ0) is 31.1. The van der Waals surface area contributed by atoms with Crippen LogP contribution in [0.25, 0.3) is 22.5 Å². The minimum Gasteiger partial charge on any atom is -0.291 e. The monoisotopic (exact) mass is 778 g/mol. The van der Waals surface area contributed by atoms with Crippen molar-refractivity contribution in [3.05, 3.63) is 114 Å². The van der Waals surface area contributed by atoms with Crippen LogP contribution >= 0.6 is 0 Å². The SMILES string of the molecule is CC(C)(C)c1cc(N(c2cccc(-c3[c-]cc(F)nc3F)n2)c2cccc(-c3[c-]cc(F)nc3F)n2)cc(C(C)(C)C)c1.[Pt+2]. The van der Waals surface area contributed by atoms with Gasteiger partial charge in [-0.1, -0.05) is 95.1 Å². The molecule has 0 saturated carbocycles. The molecule has 5 rings (SSSR count). The van der Waals surface area contributed by atoms with Gasteiger partial charge in [0.15, 0.2) is 0 Å². The molecule has 0 radical (unpaired) electrons. The predicted octanol–water partition coefficient (Wildman–Crippen LogP) is 8.82. The summed E-state index contributed by atoms with van der Waals surface area (Å²) in [7, 11) is 0. The molecule has 4 aromatic heterocycles. The molecule has 4 heterocycles. The topological polar surface area (TPSA) is 54.8 Å². The fourth-order valence-corrected chi connectivity index (χ4v) is 4.47. The molecule has 0 unspecified atom stereocenters. The normalized spacial score (nSPS) is 11.7. The van der Waals surface area contributed by atoms with Crippen LogP contribution in [0, 0.1) is 35.9 Å². The first-order valence-corrected chi connectivity index (χ1v) is 13.6. The van der Waals surface area contributed by atoms with Crippen LogP contribution in [0.5, 0.6) is 0 Å². The molecule has 5 aromatic rings. The van der Waals surface area contributed by atoms with E-state index in [9.17, 15) is 17.6 Å². The number of pyridine rings is 4. The summed E-state index contributed by atoms with van der Waals surface area (Å²) in [5.74, 6) is -3.37. The van der Waals surface area contributed by atoms with E-state index < -0.39 is 23.8 Å². The van der Waals surface area contributed by atoms with E-state index in [-0.39, 0.29) is 54.4 Å². The fraction of sp³-hybridized carbons (Fsp3) is 0.235. The third-order valence-corrected chi connectivity index (χ3v) is 6.84. The van der Waals surface area contributed by atoms with Gasteiger partial charge in [-0.2, -0.15) is 0 Å². The van der Waals surface area contributed by atoms with E-state index >= 15 is 0 Å². The van der Waals surface area contributed by atoms with Crippen molar-refractivity contribution >= 4 is 17.3 Å². The molecule has 228 valence electrons. The predicted molar refractivity (Wildman–Crippen MR) is 158 cm³/mol. The van der Waals surface area contributed by atoms with Crippen LogP contribution in [0.15, 0.2) is 66.7 Å². The Kier molecular flexibility index (Phi) is 9.40. The maximum Gasteiger partial charge on any atom is 2.00 e. The molecule has 0 atom stereocenters. The van der Waals surface area contributed by atoms with Gasteiger partial charge < -0.3 is 0 Å². The summed E-state index contributed by atoms with van der Waals surface area (Å²) >= 11 is 0. The molecule has 0 saturated heterocycles. The van der Waals surface area contributed by atoms with Crippen molar-refractivity contribution in [1.82, 2.24) is 19.9 Å². The van der Waals surface area contributed by atoms with Gasteiger partial charge in [-0.05, 0) is 57.6 Å². The molecule has 0 spiro atoms. The number of benzene rings is 1. The van der Waals surface area contributed by atoms with Gasteiger partial charge >= 0.3 is 21.1 Å². The van der Waals surface area contributed by atoms with Gasteiger partial charge in [0, 0.05) is 5.69 Å². The minimum absolute atomic E-state index is 0. The van der Waals surface area contributed by atoms with Crippen molar-refractivity contribution < 1.29 is 38.6 Å². The Morgan fingerprint density at radius 1 is 0.591 bits per heavy atom. The largest absolute Gasteiger partial charge is 2.00 e. The van der Waals surface area contributed by atoms with Gasteiger partial charge in [0.25, 0.3) is 0 Å². The maximum atomic E-state index is 14.7. The molecule has 0 aliphatic carbocycles. The van der Waals surface area contributed by atoms with Crippen molar-refractivity contribution in [3.63, 3.8) is 0 Å². The summed E-state index contributed by atoms with van der Waals surface area (Å²) in [6.07, 6.45) is 0. The first kappa shape index (κ1) is 32.9. The van der Waals surface area contributed by atoms with Crippen LogP contribution in [0.4, 0.5) is 34.9 Å². The molecular weight excluding hydrogens is 749 g/mol. The van der Waals surface area contributed by atoms with E-state index in [4.69, 9.17) is 9.97 Å². The zero-order valence-electron chi connectivity index (χ0n) is 24.9.